The van der Waals surface area contributed by atoms with Crippen molar-refractivity contribution >= 4 is 5.69 Å². The number of nitrogens with zero attached hydrogens (tertiary/aromatic N) is 1. The first-order valence-corrected chi connectivity index (χ1v) is 3.89. The second kappa shape index (κ2) is 3.28. The number of rotatable bonds is 2. The van der Waals surface area contributed by atoms with Gasteiger partial charge in [-0.2, -0.15) is 0 Å². The normalized spacial score (nSPS) is 9.92. The second-order valence-corrected chi connectivity index (χ2v) is 2.65. The number of hydrogen-bond donors (Lipinski definition) is 3. The number of benzene rings is 1. The third-order valence-corrected chi connectivity index (χ3v) is 1.82. The van der Waals surface area contributed by atoms with E-state index in [-0.39, 0.29) is 0 Å². The molecule has 2 rings (SSSR count). The molecule has 0 aliphatic carbocycles. The highest BCUT2D eigenvalue weighted by Crippen LogP contribution is 2.17. The molecular formula is C9H9N3O. The van der Waals surface area contributed by atoms with Crippen molar-refractivity contribution in [1.82, 2.24) is 9.97 Å². The van der Waals surface area contributed by atoms with E-state index >= 15 is 0 Å². The predicted molar refractivity (Wildman–Crippen MR) is 49.4 cm³/mol. The summed E-state index contributed by atoms with van der Waals surface area (Å²) >= 11 is 0. The molecule has 0 fully saturated rings. The van der Waals surface area contributed by atoms with Crippen LogP contribution in [-0.4, -0.2) is 15.2 Å². The van der Waals surface area contributed by atoms with Crippen LogP contribution in [0.5, 0.6) is 0 Å². The molecule has 3 N–H and O–H groups in total. The summed E-state index contributed by atoms with van der Waals surface area (Å²) < 4.78 is 0. The molecule has 1 heterocycles. The molecule has 0 spiro atoms. The van der Waals surface area contributed by atoms with Gasteiger partial charge in [-0.1, -0.05) is 12.1 Å². The maximum Gasteiger partial charge on any atom is 0.0924 e. The molecule has 0 saturated carbocycles. The summed E-state index contributed by atoms with van der Waals surface area (Å²) in [6.07, 6.45) is 3.38. The molecule has 0 radical (unpaired) electrons. The monoisotopic (exact) mass is 175 g/mol. The standard InChI is InChI=1S/C9H9N3O/c13-12-8-3-1-7(2-4-8)9-5-10-6-11-9/h1-6,12-13H,(H,10,11). The molecule has 0 aliphatic rings. The van der Waals surface area contributed by atoms with Gasteiger partial charge in [-0.3, -0.25) is 10.7 Å². The van der Waals surface area contributed by atoms with Crippen LogP contribution >= 0.6 is 0 Å². The first-order chi connectivity index (χ1) is 6.40. The fourth-order valence-corrected chi connectivity index (χ4v) is 1.14. The van der Waals surface area contributed by atoms with Crippen molar-refractivity contribution in [3.8, 4) is 11.3 Å². The van der Waals surface area contributed by atoms with Gasteiger partial charge in [-0.25, -0.2) is 4.98 Å². The van der Waals surface area contributed by atoms with Gasteiger partial charge in [0.15, 0.2) is 0 Å². The minimum atomic E-state index is 0.670. The van der Waals surface area contributed by atoms with E-state index in [9.17, 15) is 0 Å². The second-order valence-electron chi connectivity index (χ2n) is 2.65. The third-order valence-electron chi connectivity index (χ3n) is 1.82. The highest BCUT2D eigenvalue weighted by Gasteiger charge is 1.97. The number of hydrogen-bond acceptors (Lipinski definition) is 3. The largest absolute Gasteiger partial charge is 0.345 e. The van der Waals surface area contributed by atoms with Crippen LogP contribution in [-0.2, 0) is 0 Å². The van der Waals surface area contributed by atoms with Crippen LogP contribution in [0.4, 0.5) is 5.69 Å². The van der Waals surface area contributed by atoms with Gasteiger partial charge < -0.3 is 4.98 Å². The lowest BCUT2D eigenvalue weighted by Crippen LogP contribution is -1.87. The average molecular weight is 175 g/mol. The van der Waals surface area contributed by atoms with E-state index in [0.29, 0.717) is 5.69 Å². The van der Waals surface area contributed by atoms with Crippen molar-refractivity contribution in [1.29, 1.82) is 0 Å². The van der Waals surface area contributed by atoms with Gasteiger partial charge in [-0.15, -0.1) is 0 Å². The maximum absolute atomic E-state index is 8.59. The lowest BCUT2D eigenvalue weighted by atomic mass is 10.1. The molecule has 4 nitrogen and oxygen atoms in total. The molecular weight excluding hydrogens is 166 g/mol. The fraction of sp³-hybridized carbons (Fsp3) is 0. The summed E-state index contributed by atoms with van der Waals surface area (Å²) in [4.78, 5) is 6.92. The van der Waals surface area contributed by atoms with Gasteiger partial charge in [0.05, 0.1) is 23.9 Å². The smallest absolute Gasteiger partial charge is 0.0924 e. The highest BCUT2D eigenvalue weighted by molar-refractivity contribution is 5.61. The number of aromatic amines is 1. The molecule has 0 unspecified atom stereocenters. The molecule has 0 atom stereocenters. The van der Waals surface area contributed by atoms with E-state index in [4.69, 9.17) is 5.21 Å². The van der Waals surface area contributed by atoms with Crippen LogP contribution in [0.1, 0.15) is 0 Å². The Kier molecular flexibility index (Phi) is 1.97. The molecule has 1 aromatic heterocycles. The minimum Gasteiger partial charge on any atom is -0.345 e. The quantitative estimate of drug-likeness (QED) is 0.610. The Morgan fingerprint density at radius 2 is 2.00 bits per heavy atom. The van der Waals surface area contributed by atoms with Gasteiger partial charge in [0.1, 0.15) is 0 Å². The molecule has 0 saturated heterocycles. The van der Waals surface area contributed by atoms with Crippen LogP contribution in [0.15, 0.2) is 36.8 Å². The molecule has 0 bridgehead atoms. The van der Waals surface area contributed by atoms with Crippen LogP contribution in [0.25, 0.3) is 11.3 Å². The topological polar surface area (TPSA) is 60.9 Å². The Labute approximate surface area is 75.2 Å². The number of nitrogens with one attached hydrogen (secondary N) is 2. The Bertz CT molecular complexity index is 366. The SMILES string of the molecule is ONc1ccc(-c2cnc[nH]2)cc1. The van der Waals surface area contributed by atoms with E-state index in [1.54, 1.807) is 24.7 Å². The van der Waals surface area contributed by atoms with E-state index in [0.717, 1.165) is 11.3 Å². The summed E-state index contributed by atoms with van der Waals surface area (Å²) in [5.74, 6) is 0. The zero-order valence-corrected chi connectivity index (χ0v) is 6.86. The summed E-state index contributed by atoms with van der Waals surface area (Å²) in [6, 6.07) is 7.37. The predicted octanol–water partition coefficient (Wildman–Crippen LogP) is 1.88. The highest BCUT2D eigenvalue weighted by atomic mass is 16.5. The summed E-state index contributed by atoms with van der Waals surface area (Å²) in [5, 5.41) is 8.59. The number of aromatic nitrogens is 2. The summed E-state index contributed by atoms with van der Waals surface area (Å²) in [5.41, 5.74) is 4.74. The van der Waals surface area contributed by atoms with E-state index in [1.807, 2.05) is 12.1 Å². The Morgan fingerprint density at radius 1 is 1.23 bits per heavy atom. The first kappa shape index (κ1) is 7.82. The van der Waals surface area contributed by atoms with Crippen molar-refractivity contribution in [2.75, 3.05) is 5.48 Å². The molecule has 0 amide bonds. The Morgan fingerprint density at radius 3 is 2.54 bits per heavy atom. The molecule has 13 heavy (non-hydrogen) atoms. The summed E-state index contributed by atoms with van der Waals surface area (Å²) in [7, 11) is 0. The van der Waals surface area contributed by atoms with E-state index in [1.165, 1.54) is 0 Å². The van der Waals surface area contributed by atoms with Crippen LogP contribution in [0.3, 0.4) is 0 Å². The zero-order valence-electron chi connectivity index (χ0n) is 6.86. The van der Waals surface area contributed by atoms with Gasteiger partial charge in [-0.05, 0) is 17.7 Å². The lowest BCUT2D eigenvalue weighted by molar-refractivity contribution is 0.389. The number of H-pyrrole nitrogens is 1. The van der Waals surface area contributed by atoms with Crippen LogP contribution in [0.2, 0.25) is 0 Å². The van der Waals surface area contributed by atoms with Crippen LogP contribution in [0, 0.1) is 0 Å². The van der Waals surface area contributed by atoms with Crippen molar-refractivity contribution in [2.24, 2.45) is 0 Å². The van der Waals surface area contributed by atoms with Gasteiger partial charge in [0.2, 0.25) is 0 Å². The van der Waals surface area contributed by atoms with E-state index < -0.39 is 0 Å². The minimum absolute atomic E-state index is 0.670. The lowest BCUT2D eigenvalue weighted by Gasteiger charge is -1.99. The van der Waals surface area contributed by atoms with Gasteiger partial charge >= 0.3 is 0 Å². The average Bonchev–Trinajstić information content (AvgIpc) is 2.71. The molecule has 4 heteroatoms. The van der Waals surface area contributed by atoms with Gasteiger partial charge in [0, 0.05) is 0 Å². The van der Waals surface area contributed by atoms with Crippen molar-refractivity contribution in [3.05, 3.63) is 36.8 Å². The number of imidazole rings is 1. The first-order valence-electron chi connectivity index (χ1n) is 3.89. The van der Waals surface area contributed by atoms with Crippen molar-refractivity contribution in [3.63, 3.8) is 0 Å². The Balaban J connectivity index is 2.33. The molecule has 0 aliphatic heterocycles. The van der Waals surface area contributed by atoms with E-state index in [2.05, 4.69) is 15.4 Å². The molecule has 1 aromatic carbocycles. The van der Waals surface area contributed by atoms with Gasteiger partial charge in [0.25, 0.3) is 0 Å². The van der Waals surface area contributed by atoms with Crippen molar-refractivity contribution < 1.29 is 5.21 Å². The Hall–Kier alpha value is -1.81. The fourth-order valence-electron chi connectivity index (χ4n) is 1.14. The molecule has 66 valence electrons. The maximum atomic E-state index is 8.59. The van der Waals surface area contributed by atoms with Crippen LogP contribution < -0.4 is 5.48 Å². The zero-order chi connectivity index (χ0) is 9.10. The summed E-state index contributed by atoms with van der Waals surface area (Å²) in [6.45, 7) is 0. The third kappa shape index (κ3) is 1.52. The number of anilines is 1. The van der Waals surface area contributed by atoms with Crippen molar-refractivity contribution in [2.45, 2.75) is 0 Å². The molecule has 2 aromatic rings.